The summed E-state index contributed by atoms with van der Waals surface area (Å²) >= 11 is 0. The molecule has 2 heterocycles. The zero-order valence-electron chi connectivity index (χ0n) is 17.9. The Morgan fingerprint density at radius 2 is 1.68 bits per heavy atom. The lowest BCUT2D eigenvalue weighted by Gasteiger charge is -2.19. The number of rotatable bonds is 3. The van der Waals surface area contributed by atoms with Crippen molar-refractivity contribution < 1.29 is 19.1 Å². The molecule has 0 spiro atoms. The molecule has 0 fully saturated rings. The summed E-state index contributed by atoms with van der Waals surface area (Å²) < 4.78 is 11.4. The lowest BCUT2D eigenvalue weighted by Crippen LogP contribution is -2.13. The molecule has 3 aromatic rings. The molecule has 0 saturated heterocycles. The Morgan fingerprint density at radius 3 is 2.32 bits per heavy atom. The lowest BCUT2D eigenvalue weighted by atomic mass is 9.87. The van der Waals surface area contributed by atoms with Crippen molar-refractivity contribution in [3.8, 4) is 11.5 Å². The second kappa shape index (κ2) is 7.84. The summed E-state index contributed by atoms with van der Waals surface area (Å²) in [7, 11) is 0. The van der Waals surface area contributed by atoms with Gasteiger partial charge in [-0.05, 0) is 65.9 Å². The van der Waals surface area contributed by atoms with Crippen molar-refractivity contribution in [1.29, 1.82) is 0 Å². The van der Waals surface area contributed by atoms with Gasteiger partial charge in [0.15, 0.2) is 5.76 Å². The highest BCUT2D eigenvalue weighted by Gasteiger charge is 2.30. The quantitative estimate of drug-likeness (QED) is 0.321. The predicted octanol–water partition coefficient (Wildman–Crippen LogP) is 5.52. The van der Waals surface area contributed by atoms with Gasteiger partial charge in [-0.2, -0.15) is 0 Å². The molecule has 1 aromatic heterocycles. The van der Waals surface area contributed by atoms with Crippen molar-refractivity contribution in [1.82, 2.24) is 4.98 Å². The van der Waals surface area contributed by atoms with E-state index in [1.807, 2.05) is 12.1 Å². The number of hydrogen-bond donors (Lipinski definition) is 0. The van der Waals surface area contributed by atoms with E-state index in [0.29, 0.717) is 28.2 Å². The van der Waals surface area contributed by atoms with Crippen LogP contribution in [0.4, 0.5) is 0 Å². The summed E-state index contributed by atoms with van der Waals surface area (Å²) in [6, 6.07) is 14.2. The highest BCUT2D eigenvalue weighted by atomic mass is 16.5. The summed E-state index contributed by atoms with van der Waals surface area (Å²) in [5.41, 5.74) is 3.47. The summed E-state index contributed by atoms with van der Waals surface area (Å²) in [6.07, 6.45) is 4.97. The van der Waals surface area contributed by atoms with Gasteiger partial charge < -0.3 is 9.47 Å². The molecule has 0 amide bonds. The number of carbonyl (C=O) groups excluding carboxylic acids is 2. The summed E-state index contributed by atoms with van der Waals surface area (Å²) in [6.45, 7) is 8.12. The number of carbonyl (C=O) groups is 2. The first-order valence-electron chi connectivity index (χ1n) is 10.0. The first-order valence-corrected chi connectivity index (χ1v) is 10.0. The molecule has 2 aromatic carbocycles. The van der Waals surface area contributed by atoms with Crippen LogP contribution in [-0.4, -0.2) is 16.7 Å². The SMILES string of the molecule is Cc1c(OC(=O)c2ccc(C(C)(C)C)cc2)ccc2c1O/C(=C\c1ccncc1)C2=O. The topological polar surface area (TPSA) is 65.5 Å². The lowest BCUT2D eigenvalue weighted by molar-refractivity contribution is 0.0733. The molecular weight excluding hydrogens is 390 g/mol. The number of hydrogen-bond acceptors (Lipinski definition) is 5. The number of benzene rings is 2. The number of ether oxygens (including phenoxy) is 2. The molecule has 0 saturated carbocycles. The van der Waals surface area contributed by atoms with E-state index in [2.05, 4.69) is 25.8 Å². The fraction of sp³-hybridized carbons (Fsp3) is 0.192. The van der Waals surface area contributed by atoms with Crippen LogP contribution in [0.1, 0.15) is 58.2 Å². The van der Waals surface area contributed by atoms with E-state index in [9.17, 15) is 9.59 Å². The van der Waals surface area contributed by atoms with Crippen LogP contribution in [0, 0.1) is 6.92 Å². The van der Waals surface area contributed by atoms with Gasteiger partial charge in [0.2, 0.25) is 5.78 Å². The molecular formula is C26H23NO4. The minimum absolute atomic E-state index is 0.00434. The van der Waals surface area contributed by atoms with Crippen LogP contribution < -0.4 is 9.47 Å². The van der Waals surface area contributed by atoms with Crippen molar-refractivity contribution in [3.05, 3.63) is 94.5 Å². The first kappa shape index (κ1) is 20.5. The molecule has 0 unspecified atom stereocenters. The molecule has 4 rings (SSSR count). The number of ketones is 1. The fourth-order valence-corrected chi connectivity index (χ4v) is 3.35. The van der Waals surface area contributed by atoms with Crippen LogP contribution in [0.2, 0.25) is 0 Å². The van der Waals surface area contributed by atoms with Gasteiger partial charge >= 0.3 is 5.97 Å². The van der Waals surface area contributed by atoms with E-state index in [4.69, 9.17) is 9.47 Å². The Kier molecular flexibility index (Phi) is 5.19. The van der Waals surface area contributed by atoms with Crippen LogP contribution in [0.5, 0.6) is 11.5 Å². The average molecular weight is 413 g/mol. The number of fused-ring (bicyclic) bond motifs is 1. The maximum absolute atomic E-state index is 12.7. The second-order valence-corrected chi connectivity index (χ2v) is 8.50. The van der Waals surface area contributed by atoms with Crippen LogP contribution in [0.25, 0.3) is 6.08 Å². The normalized spacial score (nSPS) is 14.3. The van der Waals surface area contributed by atoms with E-state index < -0.39 is 5.97 Å². The third-order valence-electron chi connectivity index (χ3n) is 5.23. The second-order valence-electron chi connectivity index (χ2n) is 8.50. The molecule has 1 aliphatic rings. The third-order valence-corrected chi connectivity index (χ3v) is 5.23. The van der Waals surface area contributed by atoms with E-state index in [-0.39, 0.29) is 17.0 Å². The molecule has 5 heteroatoms. The zero-order chi connectivity index (χ0) is 22.2. The standard InChI is InChI=1S/C26H23NO4/c1-16-21(31-25(29)18-5-7-19(8-6-18)26(2,3)4)10-9-20-23(28)22(30-24(16)20)15-17-11-13-27-14-12-17/h5-15H,1-4H3/b22-15-. The zero-order valence-corrected chi connectivity index (χ0v) is 17.9. The van der Waals surface area contributed by atoms with Crippen LogP contribution >= 0.6 is 0 Å². The Morgan fingerprint density at radius 1 is 1.00 bits per heavy atom. The van der Waals surface area contributed by atoms with E-state index in [1.165, 1.54) is 0 Å². The summed E-state index contributed by atoms with van der Waals surface area (Å²) in [5, 5.41) is 0. The number of esters is 1. The van der Waals surface area contributed by atoms with E-state index >= 15 is 0 Å². The predicted molar refractivity (Wildman–Crippen MR) is 118 cm³/mol. The number of pyridine rings is 1. The maximum Gasteiger partial charge on any atom is 0.343 e. The minimum Gasteiger partial charge on any atom is -0.452 e. The molecule has 1 aliphatic heterocycles. The van der Waals surface area contributed by atoms with Gasteiger partial charge in [0.1, 0.15) is 11.5 Å². The summed E-state index contributed by atoms with van der Waals surface area (Å²) in [4.78, 5) is 29.3. The van der Waals surface area contributed by atoms with Crippen molar-refractivity contribution in [3.63, 3.8) is 0 Å². The molecule has 0 atom stereocenters. The highest BCUT2D eigenvalue weighted by Crippen LogP contribution is 2.39. The monoisotopic (exact) mass is 413 g/mol. The van der Waals surface area contributed by atoms with Gasteiger partial charge in [-0.1, -0.05) is 32.9 Å². The van der Waals surface area contributed by atoms with Gasteiger partial charge in [0.05, 0.1) is 11.1 Å². The Labute approximate surface area is 181 Å². The van der Waals surface area contributed by atoms with E-state index in [1.54, 1.807) is 61.8 Å². The highest BCUT2D eigenvalue weighted by molar-refractivity contribution is 6.15. The maximum atomic E-state index is 12.7. The molecule has 0 N–H and O–H groups in total. The molecule has 31 heavy (non-hydrogen) atoms. The van der Waals surface area contributed by atoms with Crippen molar-refractivity contribution in [2.24, 2.45) is 0 Å². The van der Waals surface area contributed by atoms with Crippen molar-refractivity contribution in [2.45, 2.75) is 33.1 Å². The number of Topliss-reactive ketones (excluding diaryl/α,β-unsaturated/α-hetero) is 1. The largest absolute Gasteiger partial charge is 0.452 e. The Hall–Kier alpha value is -3.73. The van der Waals surface area contributed by atoms with Gasteiger partial charge in [0.25, 0.3) is 0 Å². The number of allylic oxidation sites excluding steroid dienone is 1. The van der Waals surface area contributed by atoms with Gasteiger partial charge in [0, 0.05) is 18.0 Å². The molecule has 0 radical (unpaired) electrons. The first-order chi connectivity index (χ1) is 14.7. The van der Waals surface area contributed by atoms with Gasteiger partial charge in [-0.15, -0.1) is 0 Å². The molecule has 156 valence electrons. The van der Waals surface area contributed by atoms with Crippen LogP contribution in [0.15, 0.2) is 66.7 Å². The van der Waals surface area contributed by atoms with Gasteiger partial charge in [-0.25, -0.2) is 4.79 Å². The Bertz CT molecular complexity index is 1190. The minimum atomic E-state index is -0.458. The smallest absolute Gasteiger partial charge is 0.343 e. The molecule has 0 bridgehead atoms. The van der Waals surface area contributed by atoms with Crippen LogP contribution in [0.3, 0.4) is 0 Å². The third kappa shape index (κ3) is 4.12. The van der Waals surface area contributed by atoms with Crippen molar-refractivity contribution >= 4 is 17.8 Å². The molecule has 5 nitrogen and oxygen atoms in total. The number of aromatic nitrogens is 1. The molecule has 0 aliphatic carbocycles. The van der Waals surface area contributed by atoms with Crippen LogP contribution in [-0.2, 0) is 5.41 Å². The van der Waals surface area contributed by atoms with E-state index in [0.717, 1.165) is 11.1 Å². The Balaban J connectivity index is 1.56. The van der Waals surface area contributed by atoms with Crippen molar-refractivity contribution in [2.75, 3.05) is 0 Å². The number of nitrogens with zero attached hydrogens (tertiary/aromatic N) is 1. The average Bonchev–Trinajstić information content (AvgIpc) is 3.06. The summed E-state index contributed by atoms with van der Waals surface area (Å²) in [5.74, 6) is 0.344. The van der Waals surface area contributed by atoms with Gasteiger partial charge in [-0.3, -0.25) is 9.78 Å². The fourth-order valence-electron chi connectivity index (χ4n) is 3.35.